The van der Waals surface area contributed by atoms with Gasteiger partial charge in [0.1, 0.15) is 11.5 Å². The predicted octanol–water partition coefficient (Wildman–Crippen LogP) is 5.02. The number of hydrogen-bond acceptors (Lipinski definition) is 5. The zero-order valence-electron chi connectivity index (χ0n) is 19.9. The van der Waals surface area contributed by atoms with Crippen LogP contribution in [0.1, 0.15) is 29.5 Å². The smallest absolute Gasteiger partial charge is 0.321 e. The van der Waals surface area contributed by atoms with Crippen LogP contribution in [0.2, 0.25) is 0 Å². The van der Waals surface area contributed by atoms with Crippen molar-refractivity contribution < 1.29 is 13.9 Å². The van der Waals surface area contributed by atoms with Crippen molar-refractivity contribution in [3.63, 3.8) is 0 Å². The first-order valence-corrected chi connectivity index (χ1v) is 11.5. The van der Waals surface area contributed by atoms with Gasteiger partial charge in [0, 0.05) is 44.0 Å². The van der Waals surface area contributed by atoms with Crippen molar-refractivity contribution in [1.82, 2.24) is 14.8 Å². The third kappa shape index (κ3) is 5.54. The van der Waals surface area contributed by atoms with Crippen LogP contribution in [0.15, 0.2) is 46.9 Å². The Balaban J connectivity index is 1.32. The van der Waals surface area contributed by atoms with Gasteiger partial charge in [0.05, 0.1) is 12.3 Å². The number of aryl methyl sites for hydroxylation is 3. The molecule has 4 rings (SSSR count). The third-order valence-corrected chi connectivity index (χ3v) is 5.97. The first-order chi connectivity index (χ1) is 15.9. The average molecular weight is 449 g/mol. The molecule has 33 heavy (non-hydrogen) atoms. The maximum Gasteiger partial charge on any atom is 0.321 e. The highest BCUT2D eigenvalue weighted by Crippen LogP contribution is 2.25. The van der Waals surface area contributed by atoms with Crippen LogP contribution in [0.5, 0.6) is 5.75 Å². The van der Waals surface area contributed by atoms with Crippen molar-refractivity contribution in [1.29, 1.82) is 0 Å². The Bertz CT molecular complexity index is 1100. The summed E-state index contributed by atoms with van der Waals surface area (Å²) in [5.74, 6) is 2.29. The largest absolute Gasteiger partial charge is 0.494 e. The molecule has 1 fully saturated rings. The van der Waals surface area contributed by atoms with Crippen LogP contribution in [0, 0.1) is 20.8 Å². The van der Waals surface area contributed by atoms with Crippen molar-refractivity contribution in [3.05, 3.63) is 65.0 Å². The number of nitrogens with one attached hydrogen (secondary N) is 1. The number of oxazole rings is 1. The molecule has 7 heteroatoms. The lowest BCUT2D eigenvalue weighted by atomic mass is 10.1. The number of ether oxygens (including phenoxy) is 1. The van der Waals surface area contributed by atoms with Gasteiger partial charge in [-0.3, -0.25) is 4.90 Å². The van der Waals surface area contributed by atoms with Gasteiger partial charge in [-0.2, -0.15) is 0 Å². The first kappa shape index (κ1) is 22.9. The number of aromatic nitrogens is 1. The lowest BCUT2D eigenvalue weighted by Crippen LogP contribution is -2.49. The van der Waals surface area contributed by atoms with E-state index in [1.165, 1.54) is 0 Å². The highest BCUT2D eigenvalue weighted by molar-refractivity contribution is 5.90. The number of urea groups is 1. The molecular formula is C26H32N4O3. The first-order valence-electron chi connectivity index (χ1n) is 11.5. The van der Waals surface area contributed by atoms with Crippen LogP contribution in [-0.4, -0.2) is 53.6 Å². The van der Waals surface area contributed by atoms with Gasteiger partial charge in [-0.15, -0.1) is 0 Å². The number of carbonyl (C=O) groups excluding carboxylic acids is 1. The molecule has 0 radical (unpaired) electrons. The molecule has 1 aliphatic rings. The summed E-state index contributed by atoms with van der Waals surface area (Å²) in [5.41, 5.74) is 4.95. The Morgan fingerprint density at radius 1 is 1.06 bits per heavy atom. The van der Waals surface area contributed by atoms with Crippen molar-refractivity contribution in [2.24, 2.45) is 0 Å². The molecule has 0 unspecified atom stereocenters. The van der Waals surface area contributed by atoms with E-state index in [0.29, 0.717) is 32.1 Å². The Morgan fingerprint density at radius 3 is 2.48 bits per heavy atom. The lowest BCUT2D eigenvalue weighted by molar-refractivity contribution is 0.141. The van der Waals surface area contributed by atoms with Gasteiger partial charge in [0.15, 0.2) is 0 Å². The summed E-state index contributed by atoms with van der Waals surface area (Å²) in [4.78, 5) is 21.7. The number of hydrogen-bond donors (Lipinski definition) is 1. The van der Waals surface area contributed by atoms with E-state index in [4.69, 9.17) is 14.1 Å². The minimum atomic E-state index is -0.0428. The van der Waals surface area contributed by atoms with E-state index >= 15 is 0 Å². The standard InChI is InChI=1S/C26H32N4O3/c1-5-32-22-10-8-21(9-11-22)25-27-24(20(4)33-25)17-29-12-14-30(15-13-29)26(31)28-23-16-18(2)6-7-19(23)3/h6-11,16H,5,12-15,17H2,1-4H3,(H,28,31). The molecule has 1 saturated heterocycles. The summed E-state index contributed by atoms with van der Waals surface area (Å²) < 4.78 is 11.4. The maximum atomic E-state index is 12.7. The predicted molar refractivity (Wildman–Crippen MR) is 130 cm³/mol. The van der Waals surface area contributed by atoms with Crippen molar-refractivity contribution in [3.8, 4) is 17.2 Å². The summed E-state index contributed by atoms with van der Waals surface area (Å²) in [6.07, 6.45) is 0. The number of amides is 2. The van der Waals surface area contributed by atoms with Gasteiger partial charge >= 0.3 is 6.03 Å². The number of nitrogens with zero attached hydrogens (tertiary/aromatic N) is 3. The number of anilines is 1. The summed E-state index contributed by atoms with van der Waals surface area (Å²) in [5, 5.41) is 3.06. The number of piperazine rings is 1. The highest BCUT2D eigenvalue weighted by Gasteiger charge is 2.23. The SMILES string of the molecule is CCOc1ccc(-c2nc(CN3CCN(C(=O)Nc4cc(C)ccc4C)CC3)c(C)o2)cc1. The summed E-state index contributed by atoms with van der Waals surface area (Å²) >= 11 is 0. The fourth-order valence-electron chi connectivity index (χ4n) is 3.94. The molecule has 0 saturated carbocycles. The van der Waals surface area contributed by atoms with E-state index < -0.39 is 0 Å². The van der Waals surface area contributed by atoms with Crippen LogP contribution in [-0.2, 0) is 6.54 Å². The van der Waals surface area contributed by atoms with E-state index in [0.717, 1.165) is 52.7 Å². The Hall–Kier alpha value is -3.32. The summed E-state index contributed by atoms with van der Waals surface area (Å²) in [6.45, 7) is 12.3. The van der Waals surface area contributed by atoms with Gasteiger partial charge in [0.25, 0.3) is 0 Å². The molecule has 0 aliphatic carbocycles. The maximum absolute atomic E-state index is 12.7. The van der Waals surface area contributed by atoms with Crippen molar-refractivity contribution in [2.45, 2.75) is 34.2 Å². The van der Waals surface area contributed by atoms with Gasteiger partial charge < -0.3 is 19.4 Å². The molecule has 3 aromatic rings. The zero-order valence-corrected chi connectivity index (χ0v) is 19.9. The highest BCUT2D eigenvalue weighted by atomic mass is 16.5. The van der Waals surface area contributed by atoms with Crippen LogP contribution in [0.4, 0.5) is 10.5 Å². The molecule has 0 bridgehead atoms. The summed E-state index contributed by atoms with van der Waals surface area (Å²) in [7, 11) is 0. The van der Waals surface area contributed by atoms with Crippen LogP contribution >= 0.6 is 0 Å². The third-order valence-electron chi connectivity index (χ3n) is 5.97. The topological polar surface area (TPSA) is 70.8 Å². The molecule has 1 N–H and O–H groups in total. The molecule has 0 atom stereocenters. The Labute approximate surface area is 195 Å². The summed E-state index contributed by atoms with van der Waals surface area (Å²) in [6, 6.07) is 13.8. The normalized spacial score (nSPS) is 14.4. The Kier molecular flexibility index (Phi) is 6.99. The van der Waals surface area contributed by atoms with Crippen molar-refractivity contribution in [2.75, 3.05) is 38.1 Å². The fourth-order valence-corrected chi connectivity index (χ4v) is 3.94. The van der Waals surface area contributed by atoms with E-state index in [9.17, 15) is 4.79 Å². The lowest BCUT2D eigenvalue weighted by Gasteiger charge is -2.34. The van der Waals surface area contributed by atoms with E-state index in [2.05, 4.69) is 16.3 Å². The monoisotopic (exact) mass is 448 g/mol. The second-order valence-electron chi connectivity index (χ2n) is 8.49. The molecule has 174 valence electrons. The molecule has 2 aromatic carbocycles. The average Bonchev–Trinajstić information content (AvgIpc) is 3.17. The molecule has 1 aromatic heterocycles. The van der Waals surface area contributed by atoms with Gasteiger partial charge in [-0.25, -0.2) is 9.78 Å². The Morgan fingerprint density at radius 2 is 1.79 bits per heavy atom. The van der Waals surface area contributed by atoms with Crippen LogP contribution in [0.3, 0.4) is 0 Å². The molecular weight excluding hydrogens is 416 g/mol. The van der Waals surface area contributed by atoms with E-state index in [1.54, 1.807) is 0 Å². The van der Waals surface area contributed by atoms with Gasteiger partial charge in [-0.1, -0.05) is 12.1 Å². The number of benzene rings is 2. The second kappa shape index (κ2) is 10.1. The molecule has 0 spiro atoms. The fraction of sp³-hybridized carbons (Fsp3) is 0.385. The molecule has 7 nitrogen and oxygen atoms in total. The van der Waals surface area contributed by atoms with Crippen molar-refractivity contribution >= 4 is 11.7 Å². The quantitative estimate of drug-likeness (QED) is 0.574. The number of carbonyl (C=O) groups is 1. The second-order valence-corrected chi connectivity index (χ2v) is 8.49. The van der Waals surface area contributed by atoms with E-state index in [1.807, 2.05) is 69.0 Å². The molecule has 2 amide bonds. The number of rotatable bonds is 6. The molecule has 1 aliphatic heterocycles. The minimum Gasteiger partial charge on any atom is -0.494 e. The molecule has 2 heterocycles. The van der Waals surface area contributed by atoms with Gasteiger partial charge in [0.2, 0.25) is 5.89 Å². The zero-order chi connectivity index (χ0) is 23.4. The van der Waals surface area contributed by atoms with Crippen LogP contribution < -0.4 is 10.1 Å². The van der Waals surface area contributed by atoms with Crippen LogP contribution in [0.25, 0.3) is 11.5 Å². The van der Waals surface area contributed by atoms with Gasteiger partial charge in [-0.05, 0) is 69.2 Å². The minimum absolute atomic E-state index is 0.0428. The van der Waals surface area contributed by atoms with E-state index in [-0.39, 0.29) is 6.03 Å².